The molecule has 0 unspecified atom stereocenters. The van der Waals surface area contributed by atoms with Gasteiger partial charge in [0, 0.05) is 91.6 Å². The third-order valence-corrected chi connectivity index (χ3v) is 11.3. The van der Waals surface area contributed by atoms with Crippen LogP contribution in [0.4, 0.5) is 19.2 Å². The standard InChI is InChI=1S/C34H60N12O6/c35-29(36)41-11-7-25(8-12-41)23-39-31(47)43-15-19-45(20-16-43)33(49)51-27-3-1-4-28(6-2-5-27)52-34(50)46-21-17-44(18-22-46)32(48)40-24-26-9-13-42(14-10-26)30(37)38/h25-28H,1-24H2,(H3,35,36)(H3,37,38)(H,39,47)(H,40,48). The zero-order valence-corrected chi connectivity index (χ0v) is 30.6. The molecule has 5 rings (SSSR count). The fraction of sp³-hybridized carbons (Fsp3) is 0.824. The van der Waals surface area contributed by atoms with E-state index in [2.05, 4.69) is 10.6 Å². The highest BCUT2D eigenvalue weighted by atomic mass is 16.6. The first kappa shape index (κ1) is 38.8. The van der Waals surface area contributed by atoms with Gasteiger partial charge >= 0.3 is 24.2 Å². The number of carbonyl (C=O) groups is 4. The average Bonchev–Trinajstić information content (AvgIpc) is 3.15. The van der Waals surface area contributed by atoms with Gasteiger partial charge in [-0.1, -0.05) is 0 Å². The molecule has 0 radical (unpaired) electrons. The molecule has 5 aliphatic rings. The largest absolute Gasteiger partial charge is 0.446 e. The van der Waals surface area contributed by atoms with Crippen LogP contribution in [0.5, 0.6) is 0 Å². The molecular formula is C34H60N12O6. The van der Waals surface area contributed by atoms with Crippen molar-refractivity contribution in [2.75, 3.05) is 91.6 Å². The summed E-state index contributed by atoms with van der Waals surface area (Å²) in [5.41, 5.74) is 11.1. The van der Waals surface area contributed by atoms with Gasteiger partial charge in [0.25, 0.3) is 0 Å². The van der Waals surface area contributed by atoms with Crippen molar-refractivity contribution in [1.29, 1.82) is 10.8 Å². The molecule has 1 aliphatic carbocycles. The van der Waals surface area contributed by atoms with Crippen molar-refractivity contribution >= 4 is 36.2 Å². The Morgan fingerprint density at radius 1 is 0.481 bits per heavy atom. The van der Waals surface area contributed by atoms with E-state index in [0.717, 1.165) is 64.7 Å². The van der Waals surface area contributed by atoms with Crippen LogP contribution in [0.2, 0.25) is 0 Å². The lowest BCUT2D eigenvalue weighted by Gasteiger charge is -2.36. The summed E-state index contributed by atoms with van der Waals surface area (Å²) in [5.74, 6) is 0.934. The van der Waals surface area contributed by atoms with Gasteiger partial charge in [0.1, 0.15) is 12.2 Å². The minimum absolute atomic E-state index is 0.101. The minimum Gasteiger partial charge on any atom is -0.446 e. The molecular weight excluding hydrogens is 672 g/mol. The number of carbonyl (C=O) groups excluding carboxylic acids is 4. The molecule has 4 aliphatic heterocycles. The normalized spacial score (nSPS) is 24.0. The lowest BCUT2D eigenvalue weighted by atomic mass is 9.96. The number of hydrogen-bond acceptors (Lipinski definition) is 8. The first-order chi connectivity index (χ1) is 25.0. The third kappa shape index (κ3) is 11.3. The molecule has 8 N–H and O–H groups in total. The Balaban J connectivity index is 0.912. The fourth-order valence-corrected chi connectivity index (χ4v) is 7.73. The number of piperidine rings is 2. The molecule has 6 amide bonds. The lowest BCUT2D eigenvalue weighted by Crippen LogP contribution is -2.54. The predicted octanol–water partition coefficient (Wildman–Crippen LogP) is 1.22. The summed E-state index contributed by atoms with van der Waals surface area (Å²) < 4.78 is 11.8. The maximum absolute atomic E-state index is 13.0. The zero-order valence-electron chi connectivity index (χ0n) is 30.6. The van der Waals surface area contributed by atoms with Crippen LogP contribution >= 0.6 is 0 Å². The summed E-state index contributed by atoms with van der Waals surface area (Å²) in [7, 11) is 0. The number of guanidine groups is 2. The van der Waals surface area contributed by atoms with E-state index in [-0.39, 0.29) is 48.4 Å². The molecule has 0 aromatic carbocycles. The van der Waals surface area contributed by atoms with Crippen molar-refractivity contribution in [3.05, 3.63) is 0 Å². The summed E-state index contributed by atoms with van der Waals surface area (Å²) in [6.07, 6.45) is 6.88. The monoisotopic (exact) mass is 732 g/mol. The van der Waals surface area contributed by atoms with Gasteiger partial charge in [-0.05, 0) is 76.0 Å². The molecule has 292 valence electrons. The Morgan fingerprint density at radius 3 is 1.10 bits per heavy atom. The molecule has 1 saturated carbocycles. The number of hydrogen-bond donors (Lipinski definition) is 6. The predicted molar refractivity (Wildman–Crippen MR) is 194 cm³/mol. The molecule has 4 heterocycles. The van der Waals surface area contributed by atoms with E-state index < -0.39 is 0 Å². The SMILES string of the molecule is N=C(N)N1CCC(CNC(=O)N2CCN(C(=O)OC3CCCC(OC(=O)N4CCN(C(=O)NCC5CCN(C(=N)N)CC5)CC4)CCC3)CC2)CC1. The third-order valence-electron chi connectivity index (χ3n) is 11.3. The molecule has 0 spiro atoms. The van der Waals surface area contributed by atoms with Gasteiger partial charge in [-0.3, -0.25) is 10.8 Å². The van der Waals surface area contributed by atoms with Gasteiger partial charge < -0.3 is 61.0 Å². The second kappa shape index (κ2) is 18.9. The van der Waals surface area contributed by atoms with Crippen molar-refractivity contribution in [1.82, 2.24) is 40.0 Å². The number of amides is 6. The van der Waals surface area contributed by atoms with Gasteiger partial charge in [-0.2, -0.15) is 0 Å². The van der Waals surface area contributed by atoms with Gasteiger partial charge in [-0.25, -0.2) is 19.2 Å². The van der Waals surface area contributed by atoms with Gasteiger partial charge in [0.15, 0.2) is 11.9 Å². The molecule has 0 bridgehead atoms. The van der Waals surface area contributed by atoms with E-state index in [1.807, 2.05) is 9.80 Å². The van der Waals surface area contributed by atoms with Gasteiger partial charge in [0.2, 0.25) is 0 Å². The summed E-state index contributed by atoms with van der Waals surface area (Å²) in [5, 5.41) is 21.2. The van der Waals surface area contributed by atoms with Crippen LogP contribution in [0.25, 0.3) is 0 Å². The number of nitrogens with zero attached hydrogens (tertiary/aromatic N) is 6. The zero-order chi connectivity index (χ0) is 37.0. The number of ether oxygens (including phenoxy) is 2. The second-order valence-corrected chi connectivity index (χ2v) is 14.8. The summed E-state index contributed by atoms with van der Waals surface area (Å²) in [6, 6.07) is -0.226. The summed E-state index contributed by atoms with van der Waals surface area (Å²) in [4.78, 5) is 62.0. The average molecular weight is 733 g/mol. The van der Waals surface area contributed by atoms with Crippen LogP contribution in [0.1, 0.15) is 64.2 Å². The van der Waals surface area contributed by atoms with E-state index in [4.69, 9.17) is 31.8 Å². The van der Waals surface area contributed by atoms with Crippen molar-refractivity contribution in [3.8, 4) is 0 Å². The van der Waals surface area contributed by atoms with Crippen LogP contribution in [0.3, 0.4) is 0 Å². The number of nitrogens with one attached hydrogen (secondary N) is 4. The molecule has 5 fully saturated rings. The first-order valence-corrected chi connectivity index (χ1v) is 19.2. The molecule has 18 nitrogen and oxygen atoms in total. The molecule has 18 heteroatoms. The highest BCUT2D eigenvalue weighted by Gasteiger charge is 2.31. The fourth-order valence-electron chi connectivity index (χ4n) is 7.73. The molecule has 52 heavy (non-hydrogen) atoms. The maximum atomic E-state index is 13.0. The number of urea groups is 2. The highest BCUT2D eigenvalue weighted by Crippen LogP contribution is 2.24. The molecule has 4 saturated heterocycles. The van der Waals surface area contributed by atoms with Gasteiger partial charge in [0.05, 0.1) is 0 Å². The van der Waals surface area contributed by atoms with Crippen LogP contribution < -0.4 is 22.1 Å². The quantitative estimate of drug-likeness (QED) is 0.169. The number of nitrogens with two attached hydrogens (primary N) is 2. The Labute approximate surface area is 306 Å². The first-order valence-electron chi connectivity index (χ1n) is 19.2. The number of rotatable bonds is 6. The Morgan fingerprint density at radius 2 is 0.788 bits per heavy atom. The van der Waals surface area contributed by atoms with Crippen molar-refractivity contribution in [2.24, 2.45) is 23.3 Å². The Kier molecular flexibility index (Phi) is 14.1. The smallest absolute Gasteiger partial charge is 0.410 e. The highest BCUT2D eigenvalue weighted by molar-refractivity contribution is 5.76. The van der Waals surface area contributed by atoms with E-state index in [9.17, 15) is 19.2 Å². The van der Waals surface area contributed by atoms with Crippen LogP contribution in [0, 0.1) is 22.7 Å². The molecule has 0 atom stereocenters. The topological polar surface area (TPSA) is 230 Å². The molecule has 0 aromatic rings. The van der Waals surface area contributed by atoms with Crippen LogP contribution in [-0.2, 0) is 9.47 Å². The van der Waals surface area contributed by atoms with E-state index in [1.165, 1.54) is 0 Å². The molecule has 0 aromatic heterocycles. The van der Waals surface area contributed by atoms with E-state index in [1.54, 1.807) is 19.6 Å². The Bertz CT molecular complexity index is 1140. The summed E-state index contributed by atoms with van der Waals surface area (Å²) >= 11 is 0. The second-order valence-electron chi connectivity index (χ2n) is 14.8. The van der Waals surface area contributed by atoms with Gasteiger partial charge in [-0.15, -0.1) is 0 Å². The van der Waals surface area contributed by atoms with Crippen molar-refractivity contribution in [2.45, 2.75) is 76.4 Å². The van der Waals surface area contributed by atoms with Crippen LogP contribution in [-0.4, -0.2) is 169 Å². The number of piperazine rings is 2. The maximum Gasteiger partial charge on any atom is 0.410 e. The van der Waals surface area contributed by atoms with Crippen molar-refractivity contribution in [3.63, 3.8) is 0 Å². The minimum atomic E-state index is -0.339. The van der Waals surface area contributed by atoms with E-state index in [0.29, 0.717) is 103 Å². The summed E-state index contributed by atoms with van der Waals surface area (Å²) in [6.45, 7) is 7.65. The van der Waals surface area contributed by atoms with Crippen molar-refractivity contribution < 1.29 is 28.7 Å². The van der Waals surface area contributed by atoms with E-state index >= 15 is 0 Å². The Hall–Kier alpha value is -4.38. The number of likely N-dealkylation sites (tertiary alicyclic amines) is 2. The lowest BCUT2D eigenvalue weighted by molar-refractivity contribution is 0.0196. The van der Waals surface area contributed by atoms with Crippen LogP contribution in [0.15, 0.2) is 0 Å².